The van der Waals surface area contributed by atoms with Crippen molar-refractivity contribution in [1.82, 2.24) is 15.1 Å². The van der Waals surface area contributed by atoms with Gasteiger partial charge < -0.3 is 16.3 Å². The van der Waals surface area contributed by atoms with Crippen LogP contribution in [0.2, 0.25) is 0 Å². The Kier molecular flexibility index (Phi) is 5.84. The highest BCUT2D eigenvalue weighted by Crippen LogP contribution is 2.05. The molecule has 1 rings (SSSR count). The van der Waals surface area contributed by atoms with E-state index in [1.807, 2.05) is 19.9 Å². The van der Waals surface area contributed by atoms with Gasteiger partial charge in [0.05, 0.1) is 5.69 Å². The van der Waals surface area contributed by atoms with Crippen LogP contribution < -0.4 is 11.1 Å². The van der Waals surface area contributed by atoms with Crippen LogP contribution >= 0.6 is 0 Å². The Morgan fingerprint density at radius 2 is 2.32 bits per heavy atom. The monoisotopic (exact) mass is 267 g/mol. The van der Waals surface area contributed by atoms with Crippen molar-refractivity contribution >= 4 is 11.7 Å². The average molecular weight is 267 g/mol. The molecule has 0 radical (unpaired) electrons. The first-order valence-electron chi connectivity index (χ1n) is 6.43. The van der Waals surface area contributed by atoms with Gasteiger partial charge in [-0.2, -0.15) is 5.10 Å². The van der Waals surface area contributed by atoms with Crippen LogP contribution in [0.4, 0.5) is 0 Å². The molecule has 0 unspecified atom stereocenters. The summed E-state index contributed by atoms with van der Waals surface area (Å²) in [6.07, 6.45) is 1.88. The fraction of sp³-hybridized carbons (Fsp3) is 0.583. The van der Waals surface area contributed by atoms with E-state index in [1.54, 1.807) is 4.68 Å². The zero-order valence-electron chi connectivity index (χ0n) is 11.4. The summed E-state index contributed by atoms with van der Waals surface area (Å²) >= 11 is 0. The fourth-order valence-electron chi connectivity index (χ4n) is 1.68. The maximum atomic E-state index is 12.0. The van der Waals surface area contributed by atoms with Crippen LogP contribution in [-0.4, -0.2) is 33.3 Å². The maximum absolute atomic E-state index is 12.0. The molecule has 0 aromatic carbocycles. The SMILES string of the molecule is CCc1cc(C(=O)NCCCC(N)=NO)n(CC)n1. The van der Waals surface area contributed by atoms with Crippen LogP contribution in [-0.2, 0) is 13.0 Å². The molecule has 0 aliphatic heterocycles. The Bertz CT molecular complexity index is 453. The second-order valence-corrected chi connectivity index (χ2v) is 4.14. The molecule has 7 heteroatoms. The lowest BCUT2D eigenvalue weighted by Gasteiger charge is -2.06. The van der Waals surface area contributed by atoms with Gasteiger partial charge in [-0.15, -0.1) is 0 Å². The summed E-state index contributed by atoms with van der Waals surface area (Å²) in [5, 5.41) is 18.4. The van der Waals surface area contributed by atoms with E-state index >= 15 is 0 Å². The number of nitrogens with one attached hydrogen (secondary N) is 1. The van der Waals surface area contributed by atoms with Crippen LogP contribution in [0.5, 0.6) is 0 Å². The Labute approximate surface area is 112 Å². The summed E-state index contributed by atoms with van der Waals surface area (Å²) in [7, 11) is 0. The van der Waals surface area contributed by atoms with Gasteiger partial charge in [0.25, 0.3) is 5.91 Å². The molecule has 1 aromatic rings. The van der Waals surface area contributed by atoms with E-state index in [1.165, 1.54) is 0 Å². The van der Waals surface area contributed by atoms with Crippen molar-refractivity contribution in [1.29, 1.82) is 0 Å². The van der Waals surface area contributed by atoms with Crippen molar-refractivity contribution in [2.75, 3.05) is 6.54 Å². The third kappa shape index (κ3) is 4.27. The Morgan fingerprint density at radius 3 is 2.89 bits per heavy atom. The average Bonchev–Trinajstić information content (AvgIpc) is 2.86. The number of carbonyl (C=O) groups is 1. The van der Waals surface area contributed by atoms with Gasteiger partial charge in [-0.1, -0.05) is 12.1 Å². The molecular weight excluding hydrogens is 246 g/mol. The van der Waals surface area contributed by atoms with Crippen LogP contribution in [0.3, 0.4) is 0 Å². The van der Waals surface area contributed by atoms with Gasteiger partial charge in [0, 0.05) is 19.5 Å². The Balaban J connectivity index is 2.51. The predicted octanol–water partition coefficient (Wildman–Crippen LogP) is 0.722. The first kappa shape index (κ1) is 15.0. The summed E-state index contributed by atoms with van der Waals surface area (Å²) < 4.78 is 1.69. The van der Waals surface area contributed by atoms with E-state index in [2.05, 4.69) is 15.6 Å². The minimum atomic E-state index is -0.145. The molecule has 0 fully saturated rings. The van der Waals surface area contributed by atoms with Gasteiger partial charge >= 0.3 is 0 Å². The molecule has 0 spiro atoms. The minimum absolute atomic E-state index is 0.145. The second kappa shape index (κ2) is 7.40. The van der Waals surface area contributed by atoms with Crippen molar-refractivity contribution < 1.29 is 10.0 Å². The summed E-state index contributed by atoms with van der Waals surface area (Å²) in [6, 6.07) is 1.81. The van der Waals surface area contributed by atoms with E-state index in [9.17, 15) is 4.79 Å². The third-order valence-corrected chi connectivity index (χ3v) is 2.75. The lowest BCUT2D eigenvalue weighted by Crippen LogP contribution is -2.27. The molecule has 7 nitrogen and oxygen atoms in total. The van der Waals surface area contributed by atoms with Crippen LogP contribution in [0.25, 0.3) is 0 Å². The third-order valence-electron chi connectivity index (χ3n) is 2.75. The zero-order chi connectivity index (χ0) is 14.3. The summed E-state index contributed by atoms with van der Waals surface area (Å²) in [5.74, 6) is 0.0228. The molecule has 0 saturated heterocycles. The molecule has 1 amide bonds. The van der Waals surface area contributed by atoms with Gasteiger partial charge in [-0.25, -0.2) is 0 Å². The number of amides is 1. The van der Waals surface area contributed by atoms with Crippen molar-refractivity contribution in [3.63, 3.8) is 0 Å². The quantitative estimate of drug-likeness (QED) is 0.222. The highest BCUT2D eigenvalue weighted by Gasteiger charge is 2.13. The molecular formula is C12H21N5O2. The normalized spacial score (nSPS) is 11.6. The number of rotatable bonds is 7. The molecule has 0 aliphatic rings. The van der Waals surface area contributed by atoms with Crippen LogP contribution in [0.15, 0.2) is 11.2 Å². The van der Waals surface area contributed by atoms with Gasteiger partial charge in [-0.3, -0.25) is 9.48 Å². The van der Waals surface area contributed by atoms with E-state index in [4.69, 9.17) is 10.9 Å². The largest absolute Gasteiger partial charge is 0.409 e. The van der Waals surface area contributed by atoms with E-state index < -0.39 is 0 Å². The number of carbonyl (C=O) groups excluding carboxylic acids is 1. The van der Waals surface area contributed by atoms with E-state index in [0.29, 0.717) is 31.6 Å². The highest BCUT2D eigenvalue weighted by atomic mass is 16.4. The van der Waals surface area contributed by atoms with E-state index in [-0.39, 0.29) is 11.7 Å². The molecule has 0 saturated carbocycles. The Morgan fingerprint density at radius 1 is 1.58 bits per heavy atom. The highest BCUT2D eigenvalue weighted by molar-refractivity contribution is 5.92. The van der Waals surface area contributed by atoms with Gasteiger partial charge in [0.2, 0.25) is 0 Å². The molecule has 0 aliphatic carbocycles. The van der Waals surface area contributed by atoms with Crippen molar-refractivity contribution in [3.05, 3.63) is 17.5 Å². The van der Waals surface area contributed by atoms with Gasteiger partial charge in [0.1, 0.15) is 11.5 Å². The molecule has 106 valence electrons. The number of oxime groups is 1. The smallest absolute Gasteiger partial charge is 0.269 e. The topological polar surface area (TPSA) is 106 Å². The summed E-state index contributed by atoms with van der Waals surface area (Å²) in [6.45, 7) is 5.08. The van der Waals surface area contributed by atoms with Crippen molar-refractivity contribution in [2.45, 2.75) is 39.7 Å². The lowest BCUT2D eigenvalue weighted by atomic mass is 10.2. The number of nitrogens with zero attached hydrogens (tertiary/aromatic N) is 3. The minimum Gasteiger partial charge on any atom is -0.409 e. The standard InChI is InChI=1S/C12H21N5O2/c1-3-9-8-10(17(4-2)15-9)12(18)14-7-5-6-11(13)16-19/h8,19H,3-7H2,1-2H3,(H2,13,16)(H,14,18). The van der Waals surface area contributed by atoms with Crippen molar-refractivity contribution in [3.8, 4) is 0 Å². The number of hydrogen-bond donors (Lipinski definition) is 3. The first-order chi connectivity index (χ1) is 9.12. The second-order valence-electron chi connectivity index (χ2n) is 4.14. The predicted molar refractivity (Wildman–Crippen MR) is 72.3 cm³/mol. The van der Waals surface area contributed by atoms with E-state index in [0.717, 1.165) is 12.1 Å². The zero-order valence-corrected chi connectivity index (χ0v) is 11.4. The lowest BCUT2D eigenvalue weighted by molar-refractivity contribution is 0.0942. The van der Waals surface area contributed by atoms with Crippen molar-refractivity contribution in [2.24, 2.45) is 10.9 Å². The number of aromatic nitrogens is 2. The fourth-order valence-corrected chi connectivity index (χ4v) is 1.68. The number of nitrogens with two attached hydrogens (primary N) is 1. The van der Waals surface area contributed by atoms with Crippen LogP contribution in [0.1, 0.15) is 42.9 Å². The summed E-state index contributed by atoms with van der Waals surface area (Å²) in [5.41, 5.74) is 6.82. The number of amidine groups is 1. The van der Waals surface area contributed by atoms with Gasteiger partial charge in [-0.05, 0) is 25.8 Å². The molecule has 0 bridgehead atoms. The molecule has 19 heavy (non-hydrogen) atoms. The van der Waals surface area contributed by atoms with Crippen LogP contribution in [0, 0.1) is 0 Å². The van der Waals surface area contributed by atoms with Gasteiger partial charge in [0.15, 0.2) is 0 Å². The molecule has 4 N–H and O–H groups in total. The molecule has 1 heterocycles. The number of hydrogen-bond acceptors (Lipinski definition) is 4. The summed E-state index contributed by atoms with van der Waals surface area (Å²) in [4.78, 5) is 12.0. The first-order valence-corrected chi connectivity index (χ1v) is 6.43. The Hall–Kier alpha value is -2.05. The molecule has 1 aromatic heterocycles. The molecule has 0 atom stereocenters. The maximum Gasteiger partial charge on any atom is 0.269 e. The number of aryl methyl sites for hydroxylation is 2.